The predicted molar refractivity (Wildman–Crippen MR) is 119 cm³/mol. The number of nitrogen functional groups attached to an aromatic ring is 1. The van der Waals surface area contributed by atoms with E-state index in [2.05, 4.69) is 59.4 Å². The van der Waals surface area contributed by atoms with Crippen molar-refractivity contribution in [2.24, 2.45) is 0 Å². The van der Waals surface area contributed by atoms with Crippen molar-refractivity contribution in [2.75, 3.05) is 25.9 Å². The smallest absolute Gasteiger partial charge is 0.150 e. The molecule has 28 heavy (non-hydrogen) atoms. The quantitative estimate of drug-likeness (QED) is 0.491. The summed E-state index contributed by atoms with van der Waals surface area (Å²) in [6.45, 7) is 6.59. The van der Waals surface area contributed by atoms with Crippen molar-refractivity contribution >= 4 is 32.8 Å². The highest BCUT2D eigenvalue weighted by Gasteiger charge is 2.20. The minimum atomic E-state index is 0.538. The Morgan fingerprint density at radius 1 is 1.21 bits per heavy atom. The molecule has 3 aromatic heterocycles. The number of nitrogens with zero attached hydrogens (tertiary/aromatic N) is 4. The first-order chi connectivity index (χ1) is 13.6. The SMILES string of the molecule is CCCN(C)CCCc1nc(-c2sc3ccccc3c2C)c2c(N)nccn12. The van der Waals surface area contributed by atoms with Gasteiger partial charge in [0.2, 0.25) is 0 Å². The highest BCUT2D eigenvalue weighted by molar-refractivity contribution is 7.22. The Labute approximate surface area is 169 Å². The summed E-state index contributed by atoms with van der Waals surface area (Å²) >= 11 is 1.78. The summed E-state index contributed by atoms with van der Waals surface area (Å²) in [5.74, 6) is 1.59. The maximum Gasteiger partial charge on any atom is 0.150 e. The van der Waals surface area contributed by atoms with Crippen molar-refractivity contribution in [3.63, 3.8) is 0 Å². The first-order valence-electron chi connectivity index (χ1n) is 9.88. The van der Waals surface area contributed by atoms with Crippen LogP contribution < -0.4 is 5.73 Å². The number of nitrogens with two attached hydrogens (primary N) is 1. The third-order valence-corrected chi connectivity index (χ3v) is 6.54. The lowest BCUT2D eigenvalue weighted by Crippen LogP contribution is -2.21. The predicted octanol–water partition coefficient (Wildman–Crippen LogP) is 4.78. The molecule has 0 aliphatic rings. The fraction of sp³-hybridized carbons (Fsp3) is 0.364. The van der Waals surface area contributed by atoms with Crippen LogP contribution in [-0.4, -0.2) is 39.4 Å². The number of hydrogen-bond acceptors (Lipinski definition) is 5. The summed E-state index contributed by atoms with van der Waals surface area (Å²) in [6.07, 6.45) is 6.92. The summed E-state index contributed by atoms with van der Waals surface area (Å²) in [6, 6.07) is 8.52. The van der Waals surface area contributed by atoms with Gasteiger partial charge in [0, 0.05) is 23.5 Å². The molecule has 4 aromatic rings. The van der Waals surface area contributed by atoms with Crippen molar-refractivity contribution in [2.45, 2.75) is 33.1 Å². The molecule has 0 aliphatic heterocycles. The molecule has 0 fully saturated rings. The van der Waals surface area contributed by atoms with Gasteiger partial charge in [-0.2, -0.15) is 0 Å². The van der Waals surface area contributed by atoms with Gasteiger partial charge in [-0.05, 0) is 56.9 Å². The van der Waals surface area contributed by atoms with Crippen LogP contribution in [-0.2, 0) is 6.42 Å². The van der Waals surface area contributed by atoms with Crippen LogP contribution in [0.3, 0.4) is 0 Å². The van der Waals surface area contributed by atoms with Crippen LogP contribution in [0.2, 0.25) is 0 Å². The molecule has 3 heterocycles. The van der Waals surface area contributed by atoms with Crippen LogP contribution in [0, 0.1) is 6.92 Å². The lowest BCUT2D eigenvalue weighted by Gasteiger charge is -2.14. The van der Waals surface area contributed by atoms with Crippen LogP contribution in [0.5, 0.6) is 0 Å². The molecule has 0 radical (unpaired) electrons. The van der Waals surface area contributed by atoms with Crippen LogP contribution >= 0.6 is 11.3 Å². The fourth-order valence-corrected chi connectivity index (χ4v) is 5.06. The van der Waals surface area contributed by atoms with Gasteiger partial charge in [-0.25, -0.2) is 9.97 Å². The molecular formula is C22H27N5S. The van der Waals surface area contributed by atoms with Gasteiger partial charge in [0.15, 0.2) is 0 Å². The number of hydrogen-bond donors (Lipinski definition) is 1. The van der Waals surface area contributed by atoms with Gasteiger partial charge in [0.1, 0.15) is 22.9 Å². The van der Waals surface area contributed by atoms with Crippen molar-refractivity contribution < 1.29 is 0 Å². The van der Waals surface area contributed by atoms with E-state index in [0.717, 1.165) is 43.0 Å². The second-order valence-electron chi connectivity index (χ2n) is 7.37. The van der Waals surface area contributed by atoms with Gasteiger partial charge in [-0.3, -0.25) is 4.40 Å². The summed E-state index contributed by atoms with van der Waals surface area (Å²) in [5, 5.41) is 1.29. The second kappa shape index (κ2) is 7.89. The maximum absolute atomic E-state index is 6.29. The lowest BCUT2D eigenvalue weighted by atomic mass is 10.1. The van der Waals surface area contributed by atoms with E-state index in [-0.39, 0.29) is 0 Å². The Kier molecular flexibility index (Phi) is 5.33. The molecule has 1 aromatic carbocycles. The Balaban J connectivity index is 1.75. The Morgan fingerprint density at radius 3 is 2.82 bits per heavy atom. The number of imidazole rings is 1. The minimum Gasteiger partial charge on any atom is -0.382 e. The van der Waals surface area contributed by atoms with Crippen LogP contribution in [0.25, 0.3) is 26.2 Å². The van der Waals surface area contributed by atoms with Gasteiger partial charge in [-0.1, -0.05) is 25.1 Å². The fourth-order valence-electron chi connectivity index (χ4n) is 3.86. The molecule has 0 amide bonds. The largest absolute Gasteiger partial charge is 0.382 e. The van der Waals surface area contributed by atoms with E-state index in [4.69, 9.17) is 10.7 Å². The van der Waals surface area contributed by atoms with Gasteiger partial charge in [0.25, 0.3) is 0 Å². The normalized spacial score (nSPS) is 11.9. The molecule has 0 spiro atoms. The van der Waals surface area contributed by atoms with Crippen molar-refractivity contribution in [3.05, 3.63) is 48.0 Å². The van der Waals surface area contributed by atoms with Crippen LogP contribution in [0.1, 0.15) is 31.2 Å². The first-order valence-corrected chi connectivity index (χ1v) is 10.7. The van der Waals surface area contributed by atoms with E-state index in [1.165, 1.54) is 26.9 Å². The maximum atomic E-state index is 6.29. The number of rotatable bonds is 7. The molecule has 0 saturated heterocycles. The number of thiophene rings is 1. The van der Waals surface area contributed by atoms with E-state index in [1.54, 1.807) is 17.5 Å². The zero-order valence-electron chi connectivity index (χ0n) is 16.8. The summed E-state index contributed by atoms with van der Waals surface area (Å²) in [7, 11) is 2.18. The van der Waals surface area contributed by atoms with E-state index >= 15 is 0 Å². The number of aromatic nitrogens is 3. The summed E-state index contributed by atoms with van der Waals surface area (Å²) < 4.78 is 3.41. The first kappa shape index (κ1) is 18.9. The Bertz CT molecular complexity index is 1110. The topological polar surface area (TPSA) is 59.5 Å². The van der Waals surface area contributed by atoms with Gasteiger partial charge in [0.05, 0.1) is 4.88 Å². The van der Waals surface area contributed by atoms with Gasteiger partial charge < -0.3 is 10.6 Å². The van der Waals surface area contributed by atoms with Crippen LogP contribution in [0.15, 0.2) is 36.7 Å². The van der Waals surface area contributed by atoms with Crippen molar-refractivity contribution in [1.82, 2.24) is 19.3 Å². The van der Waals surface area contributed by atoms with Crippen LogP contribution in [0.4, 0.5) is 5.82 Å². The van der Waals surface area contributed by atoms with Gasteiger partial charge in [-0.15, -0.1) is 11.3 Å². The highest BCUT2D eigenvalue weighted by atomic mass is 32.1. The molecule has 6 heteroatoms. The molecule has 0 saturated carbocycles. The van der Waals surface area contributed by atoms with E-state index in [0.29, 0.717) is 5.82 Å². The molecule has 4 rings (SSSR count). The third kappa shape index (κ3) is 3.38. The van der Waals surface area contributed by atoms with Gasteiger partial charge >= 0.3 is 0 Å². The number of fused-ring (bicyclic) bond motifs is 2. The Morgan fingerprint density at radius 2 is 2.04 bits per heavy atom. The molecule has 146 valence electrons. The molecule has 0 aliphatic carbocycles. The van der Waals surface area contributed by atoms with E-state index in [9.17, 15) is 0 Å². The summed E-state index contributed by atoms with van der Waals surface area (Å²) in [4.78, 5) is 13.0. The zero-order valence-corrected chi connectivity index (χ0v) is 17.6. The lowest BCUT2D eigenvalue weighted by molar-refractivity contribution is 0.329. The molecule has 5 nitrogen and oxygen atoms in total. The van der Waals surface area contributed by atoms with Crippen molar-refractivity contribution in [3.8, 4) is 10.6 Å². The zero-order chi connectivity index (χ0) is 19.7. The number of aryl methyl sites for hydroxylation is 2. The molecule has 0 atom stereocenters. The minimum absolute atomic E-state index is 0.538. The monoisotopic (exact) mass is 393 g/mol. The molecular weight excluding hydrogens is 366 g/mol. The average Bonchev–Trinajstić information content (AvgIpc) is 3.21. The highest BCUT2D eigenvalue weighted by Crippen LogP contribution is 2.40. The average molecular weight is 394 g/mol. The number of benzene rings is 1. The van der Waals surface area contributed by atoms with E-state index < -0.39 is 0 Å². The summed E-state index contributed by atoms with van der Waals surface area (Å²) in [5.41, 5.74) is 9.44. The molecule has 0 unspecified atom stereocenters. The third-order valence-electron chi connectivity index (χ3n) is 5.26. The number of anilines is 1. The molecule has 2 N–H and O–H groups in total. The standard InChI is InChI=1S/C22H27N5S/c1-4-12-26(3)13-7-10-18-25-19(20-22(23)24-11-14-27(18)20)21-15(2)16-8-5-6-9-17(16)28-21/h5-6,8-9,11,14H,4,7,10,12-13H2,1-3H3,(H2,23,24). The second-order valence-corrected chi connectivity index (χ2v) is 8.42. The van der Waals surface area contributed by atoms with E-state index in [1.807, 2.05) is 6.20 Å². The Hall–Kier alpha value is -2.44. The molecule has 0 bridgehead atoms. The van der Waals surface area contributed by atoms with Crippen molar-refractivity contribution in [1.29, 1.82) is 0 Å².